The quantitative estimate of drug-likeness (QED) is 0.833. The summed E-state index contributed by atoms with van der Waals surface area (Å²) in [5.41, 5.74) is 0.214. The first kappa shape index (κ1) is 12.6. The molecule has 0 spiro atoms. The van der Waals surface area contributed by atoms with Gasteiger partial charge in [-0.25, -0.2) is 8.78 Å². The standard InChI is InChI=1S/C10H13F2NO3/c1-7-4-8(6-16-7)10(15)13(2-3-14)5-9(11)12/h4,6,9,14H,2-3,5H2,1H3. The average molecular weight is 233 g/mol. The topological polar surface area (TPSA) is 53.7 Å². The molecule has 1 heterocycles. The maximum absolute atomic E-state index is 12.2. The van der Waals surface area contributed by atoms with Crippen molar-refractivity contribution in [3.05, 3.63) is 23.7 Å². The molecule has 1 aromatic heterocycles. The summed E-state index contributed by atoms with van der Waals surface area (Å²) in [6.07, 6.45) is -1.41. The Hall–Kier alpha value is -1.43. The minimum absolute atomic E-state index is 0.118. The predicted molar refractivity (Wildman–Crippen MR) is 52.4 cm³/mol. The van der Waals surface area contributed by atoms with Crippen LogP contribution in [-0.4, -0.2) is 42.0 Å². The lowest BCUT2D eigenvalue weighted by atomic mass is 10.2. The third-order valence-electron chi connectivity index (χ3n) is 1.99. The second-order valence-electron chi connectivity index (χ2n) is 3.31. The van der Waals surface area contributed by atoms with E-state index in [1.54, 1.807) is 6.92 Å². The van der Waals surface area contributed by atoms with E-state index < -0.39 is 18.9 Å². The maximum Gasteiger partial charge on any atom is 0.257 e. The summed E-state index contributed by atoms with van der Waals surface area (Å²) in [6, 6.07) is 1.47. The molecule has 0 atom stereocenters. The lowest BCUT2D eigenvalue weighted by Gasteiger charge is -2.20. The number of hydrogen-bond donors (Lipinski definition) is 1. The van der Waals surface area contributed by atoms with E-state index in [4.69, 9.17) is 9.52 Å². The minimum atomic E-state index is -2.62. The van der Waals surface area contributed by atoms with Gasteiger partial charge in [-0.15, -0.1) is 0 Å². The number of halogens is 2. The highest BCUT2D eigenvalue weighted by Gasteiger charge is 2.20. The first-order chi connectivity index (χ1) is 7.54. The van der Waals surface area contributed by atoms with Gasteiger partial charge in [0.15, 0.2) is 0 Å². The Labute approximate surface area is 91.5 Å². The van der Waals surface area contributed by atoms with Gasteiger partial charge in [0.05, 0.1) is 18.7 Å². The van der Waals surface area contributed by atoms with Crippen molar-refractivity contribution in [1.29, 1.82) is 0 Å². The number of carbonyl (C=O) groups excluding carboxylic acids is 1. The van der Waals surface area contributed by atoms with Crippen LogP contribution < -0.4 is 0 Å². The van der Waals surface area contributed by atoms with Crippen molar-refractivity contribution in [2.45, 2.75) is 13.3 Å². The minimum Gasteiger partial charge on any atom is -0.469 e. The summed E-state index contributed by atoms with van der Waals surface area (Å²) in [4.78, 5) is 12.6. The fourth-order valence-corrected chi connectivity index (χ4v) is 1.30. The first-order valence-corrected chi connectivity index (χ1v) is 4.78. The number of rotatable bonds is 5. The van der Waals surface area contributed by atoms with Crippen molar-refractivity contribution >= 4 is 5.91 Å². The molecule has 0 unspecified atom stereocenters. The zero-order chi connectivity index (χ0) is 12.1. The van der Waals surface area contributed by atoms with Gasteiger partial charge in [-0.3, -0.25) is 4.79 Å². The van der Waals surface area contributed by atoms with Crippen molar-refractivity contribution < 1.29 is 23.1 Å². The van der Waals surface area contributed by atoms with Crippen LogP contribution >= 0.6 is 0 Å². The second kappa shape index (κ2) is 5.60. The monoisotopic (exact) mass is 233 g/mol. The molecule has 0 fully saturated rings. The van der Waals surface area contributed by atoms with E-state index in [0.29, 0.717) is 5.76 Å². The van der Waals surface area contributed by atoms with Crippen molar-refractivity contribution in [2.75, 3.05) is 19.7 Å². The molecule has 1 N–H and O–H groups in total. The molecule has 0 saturated heterocycles. The molecule has 4 nitrogen and oxygen atoms in total. The molecule has 0 aromatic carbocycles. The summed E-state index contributed by atoms with van der Waals surface area (Å²) >= 11 is 0. The number of amides is 1. The molecular formula is C10H13F2NO3. The van der Waals surface area contributed by atoms with Crippen molar-refractivity contribution in [3.8, 4) is 0 Å². The number of nitrogens with zero attached hydrogens (tertiary/aromatic N) is 1. The van der Waals surface area contributed by atoms with Gasteiger partial charge in [-0.05, 0) is 13.0 Å². The number of aliphatic hydroxyl groups is 1. The summed E-state index contributed by atoms with van der Waals surface area (Å²) in [5, 5.41) is 8.69. The highest BCUT2D eigenvalue weighted by atomic mass is 19.3. The predicted octanol–water partition coefficient (Wildman–Crippen LogP) is 1.29. The van der Waals surface area contributed by atoms with E-state index in [-0.39, 0.29) is 18.7 Å². The fraction of sp³-hybridized carbons (Fsp3) is 0.500. The molecule has 90 valence electrons. The van der Waals surface area contributed by atoms with Crippen LogP contribution in [0.5, 0.6) is 0 Å². The Bertz CT molecular complexity index is 352. The van der Waals surface area contributed by atoms with E-state index in [1.165, 1.54) is 12.3 Å². The number of hydrogen-bond acceptors (Lipinski definition) is 3. The Morgan fingerprint density at radius 3 is 2.75 bits per heavy atom. The molecule has 6 heteroatoms. The van der Waals surface area contributed by atoms with E-state index in [1.807, 2.05) is 0 Å². The average Bonchev–Trinajstić information content (AvgIpc) is 2.62. The van der Waals surface area contributed by atoms with Crippen molar-refractivity contribution in [3.63, 3.8) is 0 Å². The van der Waals surface area contributed by atoms with Gasteiger partial charge in [0.2, 0.25) is 0 Å². The Kier molecular flexibility index (Phi) is 4.42. The Morgan fingerprint density at radius 2 is 2.31 bits per heavy atom. The van der Waals surface area contributed by atoms with Crippen LogP contribution in [0.4, 0.5) is 8.78 Å². The molecule has 1 amide bonds. The van der Waals surface area contributed by atoms with Crippen LogP contribution in [0.15, 0.2) is 16.7 Å². The Morgan fingerprint density at radius 1 is 1.62 bits per heavy atom. The zero-order valence-corrected chi connectivity index (χ0v) is 8.82. The van der Waals surface area contributed by atoms with Gasteiger partial charge in [0.25, 0.3) is 12.3 Å². The normalized spacial score (nSPS) is 10.8. The van der Waals surface area contributed by atoms with Gasteiger partial charge in [-0.1, -0.05) is 0 Å². The van der Waals surface area contributed by atoms with Gasteiger partial charge in [0.1, 0.15) is 12.0 Å². The Balaban J connectivity index is 2.74. The molecule has 0 aliphatic carbocycles. The smallest absolute Gasteiger partial charge is 0.257 e. The van der Waals surface area contributed by atoms with Crippen LogP contribution in [-0.2, 0) is 0 Å². The SMILES string of the molecule is Cc1cc(C(=O)N(CCO)CC(F)F)co1. The summed E-state index contributed by atoms with van der Waals surface area (Å²) in [7, 11) is 0. The summed E-state index contributed by atoms with van der Waals surface area (Å²) < 4.78 is 29.3. The fourth-order valence-electron chi connectivity index (χ4n) is 1.30. The van der Waals surface area contributed by atoms with Gasteiger partial charge >= 0.3 is 0 Å². The highest BCUT2D eigenvalue weighted by molar-refractivity contribution is 5.94. The molecule has 16 heavy (non-hydrogen) atoms. The van der Waals surface area contributed by atoms with Crippen molar-refractivity contribution in [1.82, 2.24) is 4.90 Å². The summed E-state index contributed by atoms with van der Waals surface area (Å²) in [5.74, 6) is -0.0319. The van der Waals surface area contributed by atoms with Gasteiger partial charge < -0.3 is 14.4 Å². The lowest BCUT2D eigenvalue weighted by molar-refractivity contribution is 0.0508. The highest BCUT2D eigenvalue weighted by Crippen LogP contribution is 2.10. The number of aryl methyl sites for hydroxylation is 1. The molecule has 0 aliphatic rings. The summed E-state index contributed by atoms with van der Waals surface area (Å²) in [6.45, 7) is 0.493. The molecule has 0 bridgehead atoms. The van der Waals surface area contributed by atoms with Gasteiger partial charge in [-0.2, -0.15) is 0 Å². The largest absolute Gasteiger partial charge is 0.469 e. The van der Waals surface area contributed by atoms with E-state index in [0.717, 1.165) is 4.90 Å². The lowest BCUT2D eigenvalue weighted by Crippen LogP contribution is -2.37. The molecule has 1 aromatic rings. The maximum atomic E-state index is 12.2. The number of alkyl halides is 2. The third kappa shape index (κ3) is 3.30. The molecular weight excluding hydrogens is 220 g/mol. The van der Waals surface area contributed by atoms with E-state index in [2.05, 4.69) is 0 Å². The van der Waals surface area contributed by atoms with Crippen LogP contribution in [0.2, 0.25) is 0 Å². The van der Waals surface area contributed by atoms with Crippen LogP contribution in [0.1, 0.15) is 16.1 Å². The molecule has 0 saturated carbocycles. The first-order valence-electron chi connectivity index (χ1n) is 4.78. The van der Waals surface area contributed by atoms with Crippen molar-refractivity contribution in [2.24, 2.45) is 0 Å². The van der Waals surface area contributed by atoms with Crippen LogP contribution in [0.25, 0.3) is 0 Å². The molecule has 1 rings (SSSR count). The third-order valence-corrected chi connectivity index (χ3v) is 1.99. The van der Waals surface area contributed by atoms with E-state index >= 15 is 0 Å². The molecule has 0 aliphatic heterocycles. The molecule has 0 radical (unpaired) electrons. The van der Waals surface area contributed by atoms with Gasteiger partial charge in [0, 0.05) is 6.54 Å². The zero-order valence-electron chi connectivity index (χ0n) is 8.82. The number of aliphatic hydroxyl groups excluding tert-OH is 1. The number of furan rings is 1. The van der Waals surface area contributed by atoms with E-state index in [9.17, 15) is 13.6 Å². The van der Waals surface area contributed by atoms with Crippen LogP contribution in [0.3, 0.4) is 0 Å². The second-order valence-corrected chi connectivity index (χ2v) is 3.31. The number of carbonyl (C=O) groups is 1. The van der Waals surface area contributed by atoms with Crippen LogP contribution in [0, 0.1) is 6.92 Å².